The fourth-order valence-electron chi connectivity index (χ4n) is 5.67. The van der Waals surface area contributed by atoms with Crippen LogP contribution in [0.25, 0.3) is 0 Å². The van der Waals surface area contributed by atoms with Gasteiger partial charge in [0.25, 0.3) is 11.8 Å². The number of rotatable bonds is 6. The molecule has 7 heteroatoms. The third-order valence-electron chi connectivity index (χ3n) is 7.39. The van der Waals surface area contributed by atoms with Gasteiger partial charge >= 0.3 is 7.12 Å². The van der Waals surface area contributed by atoms with Crippen LogP contribution in [0.3, 0.4) is 0 Å². The summed E-state index contributed by atoms with van der Waals surface area (Å²) in [5.41, 5.74) is 0. The Labute approximate surface area is 181 Å². The number of carbonyl (C=O) groups is 2. The third kappa shape index (κ3) is 5.10. The lowest BCUT2D eigenvalue weighted by Crippen LogP contribution is -2.57. The zero-order chi connectivity index (χ0) is 20.9. The number of fused-ring (bicyclic) bond motifs is 1. The summed E-state index contributed by atoms with van der Waals surface area (Å²) in [5, 5.41) is 0. The Morgan fingerprint density at radius 3 is 1.63 bits per heavy atom. The zero-order valence-corrected chi connectivity index (χ0v) is 18.3. The van der Waals surface area contributed by atoms with Gasteiger partial charge in [0.2, 0.25) is 0 Å². The van der Waals surface area contributed by atoms with Crippen molar-refractivity contribution in [1.82, 2.24) is 9.80 Å². The molecule has 30 heavy (non-hydrogen) atoms. The molecule has 2 saturated carbocycles. The van der Waals surface area contributed by atoms with Gasteiger partial charge in [0, 0.05) is 32.5 Å². The van der Waals surface area contributed by atoms with E-state index in [1.165, 1.54) is 64.2 Å². The molecule has 6 nitrogen and oxygen atoms in total. The zero-order valence-electron chi connectivity index (χ0n) is 18.3. The Morgan fingerprint density at radius 2 is 1.23 bits per heavy atom. The van der Waals surface area contributed by atoms with Crippen molar-refractivity contribution in [2.75, 3.05) is 26.2 Å². The molecule has 2 heterocycles. The smallest absolute Gasteiger partial charge is 0.396 e. The van der Waals surface area contributed by atoms with Crippen LogP contribution in [-0.4, -0.2) is 67.1 Å². The summed E-state index contributed by atoms with van der Waals surface area (Å²) in [6.07, 6.45) is 13.0. The second kappa shape index (κ2) is 10.3. The molecule has 0 bridgehead atoms. The number of hydrogen-bond acceptors (Lipinski definition) is 4. The van der Waals surface area contributed by atoms with Gasteiger partial charge in [0.05, 0.1) is 0 Å². The minimum Gasteiger partial charge on any atom is -0.396 e. The first kappa shape index (κ1) is 21.9. The van der Waals surface area contributed by atoms with E-state index in [4.69, 9.17) is 9.31 Å². The molecule has 0 aromatic heterocycles. The average molecular weight is 416 g/mol. The molecule has 0 aromatic carbocycles. The Balaban J connectivity index is 1.50. The normalized spacial score (nSPS) is 29.7. The van der Waals surface area contributed by atoms with Crippen molar-refractivity contribution in [2.45, 2.75) is 82.7 Å². The molecule has 2 amide bonds. The molecule has 0 unspecified atom stereocenters. The highest BCUT2D eigenvalue weighted by Gasteiger charge is 2.50. The highest BCUT2D eigenvalue weighted by atomic mass is 16.7. The summed E-state index contributed by atoms with van der Waals surface area (Å²) >= 11 is 0. The monoisotopic (exact) mass is 416 g/mol. The maximum atomic E-state index is 13.4. The highest BCUT2D eigenvalue weighted by molar-refractivity contribution is 6.46. The maximum absolute atomic E-state index is 13.4. The molecule has 4 rings (SSSR count). The number of hydrogen-bond donors (Lipinski definition) is 0. The lowest BCUT2D eigenvalue weighted by molar-refractivity contribution is -0.154. The number of amides is 2. The van der Waals surface area contributed by atoms with Gasteiger partial charge in [-0.25, -0.2) is 0 Å². The van der Waals surface area contributed by atoms with Crippen molar-refractivity contribution in [2.24, 2.45) is 11.8 Å². The molecule has 0 N–H and O–H groups in total. The molecule has 2 atom stereocenters. The van der Waals surface area contributed by atoms with Crippen LogP contribution in [0.1, 0.15) is 64.2 Å². The quantitative estimate of drug-likeness (QED) is 0.493. The number of allylic oxidation sites excluding steroid dienone is 1. The van der Waals surface area contributed by atoms with Gasteiger partial charge in [-0.2, -0.15) is 0 Å². The van der Waals surface area contributed by atoms with E-state index in [9.17, 15) is 9.59 Å². The van der Waals surface area contributed by atoms with Crippen LogP contribution in [0.4, 0.5) is 0 Å². The Hall–Kier alpha value is -1.34. The molecule has 0 aromatic rings. The first-order chi connectivity index (χ1) is 14.7. The molecule has 4 fully saturated rings. The van der Waals surface area contributed by atoms with Crippen LogP contribution in [0.15, 0.2) is 12.7 Å². The van der Waals surface area contributed by atoms with Gasteiger partial charge in [-0.1, -0.05) is 44.6 Å². The van der Waals surface area contributed by atoms with Crippen molar-refractivity contribution in [3.63, 3.8) is 0 Å². The summed E-state index contributed by atoms with van der Waals surface area (Å²) in [5.74, 6) is 0.995. The summed E-state index contributed by atoms with van der Waals surface area (Å²) in [6, 6.07) is 0. The van der Waals surface area contributed by atoms with Crippen molar-refractivity contribution in [3.05, 3.63) is 12.7 Å². The minimum atomic E-state index is -0.819. The lowest BCUT2D eigenvalue weighted by atomic mass is 9.85. The van der Waals surface area contributed by atoms with Gasteiger partial charge in [-0.05, 0) is 37.5 Å². The van der Waals surface area contributed by atoms with Crippen molar-refractivity contribution in [3.8, 4) is 0 Å². The predicted octanol–water partition coefficient (Wildman–Crippen LogP) is 3.28. The van der Waals surface area contributed by atoms with Crippen LogP contribution >= 0.6 is 0 Å². The summed E-state index contributed by atoms with van der Waals surface area (Å²) in [6.45, 7) is 6.52. The fraction of sp³-hybridized carbons (Fsp3) is 0.826. The largest absolute Gasteiger partial charge is 0.462 e. The second-order valence-corrected chi connectivity index (χ2v) is 9.64. The molecule has 2 aliphatic carbocycles. The van der Waals surface area contributed by atoms with Crippen LogP contribution in [0.2, 0.25) is 6.32 Å². The Kier molecular flexibility index (Phi) is 7.52. The van der Waals surface area contributed by atoms with E-state index in [1.54, 1.807) is 6.08 Å². The molecule has 0 radical (unpaired) electrons. The van der Waals surface area contributed by atoms with E-state index in [0.29, 0.717) is 31.2 Å². The van der Waals surface area contributed by atoms with Crippen LogP contribution in [0, 0.1) is 11.8 Å². The Bertz CT molecular complexity index is 570. The molecule has 4 aliphatic rings. The van der Waals surface area contributed by atoms with Gasteiger partial charge < -0.3 is 19.1 Å². The standard InChI is InChI=1S/C23H37BN2O4/c1-2-13-24-29-20-21(30-24)23(28)26(17-19-11-7-4-8-12-19)15-14-25(22(20)27)16-18-9-5-3-6-10-18/h2,18-21H,1,3-17H2/t20-,21-/m1/s1. The van der Waals surface area contributed by atoms with E-state index in [0.717, 1.165) is 13.1 Å². The molecule has 2 aliphatic heterocycles. The van der Waals surface area contributed by atoms with Crippen molar-refractivity contribution < 1.29 is 18.9 Å². The van der Waals surface area contributed by atoms with E-state index in [2.05, 4.69) is 6.58 Å². The number of carbonyl (C=O) groups excluding carboxylic acids is 2. The first-order valence-corrected chi connectivity index (χ1v) is 12.1. The van der Waals surface area contributed by atoms with Crippen molar-refractivity contribution in [1.29, 1.82) is 0 Å². The molecular formula is C23H37BN2O4. The first-order valence-electron chi connectivity index (χ1n) is 12.1. The van der Waals surface area contributed by atoms with E-state index in [-0.39, 0.29) is 11.8 Å². The SMILES string of the molecule is C=CCB1O[C@H]2C(=O)N(CC3CCCCC3)CCN(CC3CCCCC3)C(=O)[C@@H]2O1. The third-order valence-corrected chi connectivity index (χ3v) is 7.39. The topological polar surface area (TPSA) is 59.1 Å². The molecule has 2 saturated heterocycles. The summed E-state index contributed by atoms with van der Waals surface area (Å²) in [4.78, 5) is 30.7. The lowest BCUT2D eigenvalue weighted by Gasteiger charge is -2.38. The van der Waals surface area contributed by atoms with E-state index >= 15 is 0 Å². The van der Waals surface area contributed by atoms with Crippen LogP contribution in [0.5, 0.6) is 0 Å². The maximum Gasteiger partial charge on any atom is 0.462 e. The van der Waals surface area contributed by atoms with Gasteiger partial charge in [-0.15, -0.1) is 6.58 Å². The van der Waals surface area contributed by atoms with E-state index in [1.807, 2.05) is 9.80 Å². The minimum absolute atomic E-state index is 0.0668. The Morgan fingerprint density at radius 1 is 0.800 bits per heavy atom. The van der Waals surface area contributed by atoms with Gasteiger partial charge in [-0.3, -0.25) is 9.59 Å². The molecule has 0 spiro atoms. The molecular weight excluding hydrogens is 379 g/mol. The average Bonchev–Trinajstić information content (AvgIpc) is 3.19. The summed E-state index contributed by atoms with van der Waals surface area (Å²) in [7, 11) is -0.559. The van der Waals surface area contributed by atoms with Gasteiger partial charge in [0.1, 0.15) is 0 Å². The number of nitrogens with zero attached hydrogens (tertiary/aromatic N) is 2. The molecule has 166 valence electrons. The fourth-order valence-corrected chi connectivity index (χ4v) is 5.67. The van der Waals surface area contributed by atoms with Crippen LogP contribution < -0.4 is 0 Å². The van der Waals surface area contributed by atoms with E-state index < -0.39 is 19.3 Å². The predicted molar refractivity (Wildman–Crippen MR) is 117 cm³/mol. The highest BCUT2D eigenvalue weighted by Crippen LogP contribution is 2.30. The van der Waals surface area contributed by atoms with Crippen LogP contribution in [-0.2, 0) is 18.9 Å². The van der Waals surface area contributed by atoms with Crippen molar-refractivity contribution >= 4 is 18.9 Å². The van der Waals surface area contributed by atoms with Gasteiger partial charge in [0.15, 0.2) is 12.2 Å². The second-order valence-electron chi connectivity index (χ2n) is 9.64. The summed E-state index contributed by atoms with van der Waals surface area (Å²) < 4.78 is 11.9.